The average molecular weight is 413 g/mol. The van der Waals surface area contributed by atoms with Crippen molar-refractivity contribution >= 4 is 49.7 Å². The van der Waals surface area contributed by atoms with Crippen molar-refractivity contribution in [2.75, 3.05) is 0 Å². The molecule has 7 rings (SSSR count). The lowest BCUT2D eigenvalue weighted by molar-refractivity contribution is 0.205. The van der Waals surface area contributed by atoms with Crippen LogP contribution in [0, 0.1) is 0 Å². The minimum Gasteiger partial charge on any atom is -0.335 e. The van der Waals surface area contributed by atoms with Crippen LogP contribution in [0.25, 0.3) is 49.7 Å². The highest BCUT2D eigenvalue weighted by Gasteiger charge is 2.37. The number of hydrogen-bond donors (Lipinski definition) is 0. The summed E-state index contributed by atoms with van der Waals surface area (Å²) < 4.78 is 5.22. The molecule has 0 amide bonds. The lowest BCUT2D eigenvalue weighted by Crippen LogP contribution is -2.31. The number of nitrogens with zero attached hydrogens (tertiary/aromatic N) is 2. The number of fused-ring (bicyclic) bond motifs is 6. The Morgan fingerprint density at radius 3 is 1.47 bits per heavy atom. The Kier molecular flexibility index (Phi) is 3.69. The molecule has 2 atom stereocenters. The fourth-order valence-corrected chi connectivity index (χ4v) is 5.88. The highest BCUT2D eigenvalue weighted by atomic mass is 15.1. The third-order valence-electron chi connectivity index (χ3n) is 7.45. The summed E-state index contributed by atoms with van der Waals surface area (Å²) in [6, 6.07) is 34.2. The quantitative estimate of drug-likeness (QED) is 0.278. The third kappa shape index (κ3) is 2.30. The zero-order valence-corrected chi connectivity index (χ0v) is 17.9. The maximum Gasteiger partial charge on any atom is 0.0551 e. The lowest BCUT2D eigenvalue weighted by atomic mass is 9.85. The molecule has 2 heteroatoms. The predicted octanol–water partition coefficient (Wildman–Crippen LogP) is 8.12. The molecule has 32 heavy (non-hydrogen) atoms. The monoisotopic (exact) mass is 412 g/mol. The van der Waals surface area contributed by atoms with E-state index in [-0.39, 0.29) is 0 Å². The van der Waals surface area contributed by atoms with Gasteiger partial charge < -0.3 is 9.13 Å². The molecule has 0 N–H and O–H groups in total. The molecular formula is C30H24N2. The Labute approximate surface area is 187 Å². The van der Waals surface area contributed by atoms with Gasteiger partial charge in [0.05, 0.1) is 12.1 Å². The molecule has 0 bridgehead atoms. The van der Waals surface area contributed by atoms with Crippen LogP contribution >= 0.6 is 0 Å². The van der Waals surface area contributed by atoms with Gasteiger partial charge in [-0.05, 0) is 48.7 Å². The number of rotatable bonds is 3. The van der Waals surface area contributed by atoms with Crippen molar-refractivity contribution in [2.45, 2.75) is 24.9 Å². The van der Waals surface area contributed by atoms with Crippen LogP contribution in [0.15, 0.2) is 97.6 Å². The van der Waals surface area contributed by atoms with Crippen LogP contribution in [0.3, 0.4) is 0 Å². The largest absolute Gasteiger partial charge is 0.335 e. The Morgan fingerprint density at radius 2 is 1.00 bits per heavy atom. The van der Waals surface area contributed by atoms with Gasteiger partial charge >= 0.3 is 0 Å². The molecule has 154 valence electrons. The van der Waals surface area contributed by atoms with Gasteiger partial charge in [-0.25, -0.2) is 0 Å². The molecule has 0 saturated heterocycles. The van der Waals surface area contributed by atoms with Crippen molar-refractivity contribution in [3.63, 3.8) is 0 Å². The third-order valence-corrected chi connectivity index (χ3v) is 7.45. The second-order valence-corrected chi connectivity index (χ2v) is 8.98. The highest BCUT2D eigenvalue weighted by Crippen LogP contribution is 2.49. The molecule has 4 aromatic carbocycles. The molecule has 6 aromatic rings. The van der Waals surface area contributed by atoms with Gasteiger partial charge in [-0.1, -0.05) is 73.3 Å². The highest BCUT2D eigenvalue weighted by molar-refractivity contribution is 6.09. The topological polar surface area (TPSA) is 9.86 Å². The van der Waals surface area contributed by atoms with Crippen LogP contribution in [0.2, 0.25) is 0 Å². The van der Waals surface area contributed by atoms with E-state index < -0.39 is 0 Å². The number of benzene rings is 4. The lowest BCUT2D eigenvalue weighted by Gasteiger charge is -2.40. The fourth-order valence-electron chi connectivity index (χ4n) is 5.88. The van der Waals surface area contributed by atoms with E-state index >= 15 is 0 Å². The van der Waals surface area contributed by atoms with Crippen LogP contribution in [0.4, 0.5) is 0 Å². The van der Waals surface area contributed by atoms with Crippen LogP contribution in [0.1, 0.15) is 30.5 Å². The molecule has 0 radical (unpaired) electrons. The van der Waals surface area contributed by atoms with E-state index in [2.05, 4.69) is 107 Å². The van der Waals surface area contributed by atoms with Gasteiger partial charge in [0.2, 0.25) is 0 Å². The molecule has 2 heterocycles. The first-order chi connectivity index (χ1) is 15.8. The van der Waals surface area contributed by atoms with Crippen molar-refractivity contribution in [1.82, 2.24) is 9.13 Å². The first-order valence-corrected chi connectivity index (χ1v) is 11.5. The summed E-state index contributed by atoms with van der Waals surface area (Å²) in [5.41, 5.74) is 6.52. The normalized spacial score (nSPS) is 18.5. The van der Waals surface area contributed by atoms with Crippen molar-refractivity contribution in [3.8, 4) is 0 Å². The van der Waals surface area contributed by atoms with Gasteiger partial charge in [0.25, 0.3) is 0 Å². The van der Waals surface area contributed by atoms with E-state index in [0.29, 0.717) is 12.1 Å². The summed E-state index contributed by atoms with van der Waals surface area (Å²) in [6.07, 6.45) is 4.34. The maximum atomic E-state index is 3.98. The molecular weight excluding hydrogens is 388 g/mol. The van der Waals surface area contributed by atoms with Crippen LogP contribution in [-0.4, -0.2) is 9.13 Å². The van der Waals surface area contributed by atoms with E-state index in [1.807, 2.05) is 6.08 Å². The van der Waals surface area contributed by atoms with Gasteiger partial charge in [0.1, 0.15) is 0 Å². The molecule has 0 spiro atoms. The zero-order chi connectivity index (χ0) is 21.2. The van der Waals surface area contributed by atoms with E-state index in [4.69, 9.17) is 0 Å². The summed E-state index contributed by atoms with van der Waals surface area (Å²) >= 11 is 0. The Balaban J connectivity index is 1.49. The maximum absolute atomic E-state index is 3.98. The van der Waals surface area contributed by atoms with Crippen molar-refractivity contribution in [1.29, 1.82) is 0 Å². The minimum absolute atomic E-state index is 0.436. The van der Waals surface area contributed by atoms with Crippen LogP contribution in [-0.2, 0) is 0 Å². The molecule has 2 aromatic heterocycles. The van der Waals surface area contributed by atoms with Gasteiger partial charge in [0.15, 0.2) is 0 Å². The summed E-state index contributed by atoms with van der Waals surface area (Å²) in [5.74, 6) is 0. The predicted molar refractivity (Wildman–Crippen MR) is 136 cm³/mol. The number of hydrogen-bond acceptors (Lipinski definition) is 0. The number of aromatic nitrogens is 2. The number of para-hydroxylation sites is 3. The SMILES string of the molecule is C=Cc1ccc2c(c1)c1ccccc1n2[C@H]1CC[C@@H]1n1c2ccccc2c2ccccc21. The minimum atomic E-state index is 0.436. The van der Waals surface area contributed by atoms with Gasteiger partial charge in [-0.2, -0.15) is 0 Å². The molecule has 1 aliphatic rings. The average Bonchev–Trinajstić information content (AvgIpc) is 3.32. The van der Waals surface area contributed by atoms with Gasteiger partial charge in [-0.15, -0.1) is 0 Å². The van der Waals surface area contributed by atoms with Crippen molar-refractivity contribution < 1.29 is 0 Å². The molecule has 2 nitrogen and oxygen atoms in total. The Bertz CT molecular complexity index is 1610. The molecule has 1 fully saturated rings. The second kappa shape index (κ2) is 6.61. The van der Waals surface area contributed by atoms with Gasteiger partial charge in [-0.3, -0.25) is 0 Å². The smallest absolute Gasteiger partial charge is 0.0551 e. The Hall–Kier alpha value is -3.78. The molecule has 0 unspecified atom stereocenters. The van der Waals surface area contributed by atoms with E-state index in [9.17, 15) is 0 Å². The first kappa shape index (κ1) is 17.9. The fraction of sp³-hybridized carbons (Fsp3) is 0.133. The van der Waals surface area contributed by atoms with Crippen molar-refractivity contribution in [2.24, 2.45) is 0 Å². The second-order valence-electron chi connectivity index (χ2n) is 8.98. The Morgan fingerprint density at radius 1 is 0.562 bits per heavy atom. The van der Waals surface area contributed by atoms with E-state index in [1.165, 1.54) is 62.0 Å². The first-order valence-electron chi connectivity index (χ1n) is 11.5. The van der Waals surface area contributed by atoms with Gasteiger partial charge in [0, 0.05) is 43.6 Å². The molecule has 1 saturated carbocycles. The van der Waals surface area contributed by atoms with Crippen molar-refractivity contribution in [3.05, 3.63) is 103 Å². The van der Waals surface area contributed by atoms with Crippen LogP contribution < -0.4 is 0 Å². The summed E-state index contributed by atoms with van der Waals surface area (Å²) in [6.45, 7) is 3.98. The van der Waals surface area contributed by atoms with Crippen LogP contribution in [0.5, 0.6) is 0 Å². The van der Waals surface area contributed by atoms with E-state index in [0.717, 1.165) is 0 Å². The van der Waals surface area contributed by atoms with E-state index in [1.54, 1.807) is 0 Å². The zero-order valence-electron chi connectivity index (χ0n) is 17.9. The molecule has 1 aliphatic carbocycles. The summed E-state index contributed by atoms with van der Waals surface area (Å²) in [4.78, 5) is 0. The molecule has 0 aliphatic heterocycles. The summed E-state index contributed by atoms with van der Waals surface area (Å²) in [7, 11) is 0. The standard InChI is InChI=1S/C30H24N2/c1-2-20-15-16-28-24(19-20)23-11-5-8-14-27(23)32(28)30-18-17-29(30)31-25-12-6-3-9-21(25)22-10-4-7-13-26(22)31/h2-16,19,29-30H,1,17-18H2/t29-,30-/m0/s1. The summed E-state index contributed by atoms with van der Waals surface area (Å²) in [5, 5.41) is 5.36.